The summed E-state index contributed by atoms with van der Waals surface area (Å²) in [5, 5.41) is 11.6. The van der Waals surface area contributed by atoms with Crippen molar-refractivity contribution < 1.29 is 14.7 Å². The number of hydrogen-bond acceptors (Lipinski definition) is 3. The third-order valence-electron chi connectivity index (χ3n) is 2.12. The van der Waals surface area contributed by atoms with Crippen LogP contribution >= 0.6 is 11.8 Å². The number of aromatic carboxylic acids is 1. The maximum Gasteiger partial charge on any atom is 0.352 e. The van der Waals surface area contributed by atoms with Gasteiger partial charge in [-0.15, -0.1) is 18.2 Å². The van der Waals surface area contributed by atoms with Crippen LogP contribution in [0.25, 0.3) is 0 Å². The zero-order valence-corrected chi connectivity index (χ0v) is 10.6. The fourth-order valence-electron chi connectivity index (χ4n) is 1.35. The van der Waals surface area contributed by atoms with Crippen LogP contribution in [0, 0.1) is 12.3 Å². The Bertz CT molecular complexity index is 462. The molecule has 0 fully saturated rings. The van der Waals surface area contributed by atoms with Gasteiger partial charge in [-0.3, -0.25) is 4.79 Å². The zero-order valence-electron chi connectivity index (χ0n) is 9.76. The molecule has 1 amide bonds. The number of terminal acetylenes is 1. The van der Waals surface area contributed by atoms with Gasteiger partial charge in [0.15, 0.2) is 0 Å². The Morgan fingerprint density at radius 3 is 3.00 bits per heavy atom. The van der Waals surface area contributed by atoms with Gasteiger partial charge in [0, 0.05) is 18.5 Å². The lowest BCUT2D eigenvalue weighted by atomic mass is 10.4. The molecule has 0 saturated heterocycles. The van der Waals surface area contributed by atoms with E-state index in [1.165, 1.54) is 10.6 Å². The van der Waals surface area contributed by atoms with E-state index < -0.39 is 5.97 Å². The van der Waals surface area contributed by atoms with Crippen molar-refractivity contribution in [1.29, 1.82) is 0 Å². The molecule has 0 saturated carbocycles. The second-order valence-electron chi connectivity index (χ2n) is 3.43. The van der Waals surface area contributed by atoms with Gasteiger partial charge in [-0.05, 0) is 12.1 Å². The Labute approximate surface area is 110 Å². The normalized spacial score (nSPS) is 9.72. The number of aromatic nitrogens is 1. The van der Waals surface area contributed by atoms with E-state index in [0.717, 1.165) is 5.75 Å². The number of amides is 1. The summed E-state index contributed by atoms with van der Waals surface area (Å²) in [6.45, 7) is 0.531. The van der Waals surface area contributed by atoms with E-state index in [1.54, 1.807) is 24.0 Å². The predicted octanol–water partition coefficient (Wildman–Crippen LogP) is 0.669. The molecule has 6 heteroatoms. The van der Waals surface area contributed by atoms with Gasteiger partial charge in [0.2, 0.25) is 5.91 Å². The number of carboxylic acid groups (broad SMARTS) is 1. The van der Waals surface area contributed by atoms with Crippen molar-refractivity contribution in [3.63, 3.8) is 0 Å². The molecule has 1 aromatic heterocycles. The Morgan fingerprint density at radius 1 is 1.56 bits per heavy atom. The van der Waals surface area contributed by atoms with Gasteiger partial charge >= 0.3 is 5.97 Å². The van der Waals surface area contributed by atoms with Crippen LogP contribution in [-0.4, -0.2) is 39.6 Å². The highest BCUT2D eigenvalue weighted by Crippen LogP contribution is 2.02. The molecule has 2 N–H and O–H groups in total. The highest BCUT2D eigenvalue weighted by atomic mass is 32.2. The molecule has 1 rings (SSSR count). The van der Waals surface area contributed by atoms with Crippen molar-refractivity contribution in [2.75, 3.05) is 18.1 Å². The zero-order chi connectivity index (χ0) is 13.4. The van der Waals surface area contributed by atoms with Crippen LogP contribution in [0.3, 0.4) is 0 Å². The molecular formula is C12H14N2O3S. The molecule has 0 aromatic carbocycles. The van der Waals surface area contributed by atoms with Crippen LogP contribution in [0.5, 0.6) is 0 Å². The molecule has 96 valence electrons. The van der Waals surface area contributed by atoms with Crippen molar-refractivity contribution in [2.24, 2.45) is 0 Å². The third kappa shape index (κ3) is 4.55. The van der Waals surface area contributed by atoms with E-state index in [1.807, 2.05) is 0 Å². The van der Waals surface area contributed by atoms with Gasteiger partial charge in [-0.2, -0.15) is 0 Å². The molecular weight excluding hydrogens is 252 g/mol. The van der Waals surface area contributed by atoms with Gasteiger partial charge in [0.25, 0.3) is 0 Å². The van der Waals surface area contributed by atoms with E-state index in [0.29, 0.717) is 12.3 Å². The standard InChI is InChI=1S/C12H14N2O3S/c1-2-7-18-8-5-13-11(15)9-14-6-3-4-10(14)12(16)17/h1,3-4,6H,5,7-9H2,(H,13,15)(H,16,17). The first-order chi connectivity index (χ1) is 8.65. The topological polar surface area (TPSA) is 71.3 Å². The number of carboxylic acids is 1. The molecule has 18 heavy (non-hydrogen) atoms. The SMILES string of the molecule is C#CCSCCNC(=O)Cn1cccc1C(=O)O. The number of thioether (sulfide) groups is 1. The molecule has 0 bridgehead atoms. The van der Waals surface area contributed by atoms with Crippen molar-refractivity contribution in [3.05, 3.63) is 24.0 Å². The minimum atomic E-state index is -1.04. The van der Waals surface area contributed by atoms with Crippen LogP contribution in [0.2, 0.25) is 0 Å². The van der Waals surface area contributed by atoms with Gasteiger partial charge in [0.05, 0.1) is 5.75 Å². The van der Waals surface area contributed by atoms with E-state index >= 15 is 0 Å². The Hall–Kier alpha value is -1.87. The first kappa shape index (κ1) is 14.2. The molecule has 0 radical (unpaired) electrons. The molecule has 0 aliphatic carbocycles. The van der Waals surface area contributed by atoms with Crippen molar-refractivity contribution in [1.82, 2.24) is 9.88 Å². The average Bonchev–Trinajstić information content (AvgIpc) is 2.77. The summed E-state index contributed by atoms with van der Waals surface area (Å²) in [5.41, 5.74) is 0.104. The summed E-state index contributed by atoms with van der Waals surface area (Å²) >= 11 is 1.56. The number of nitrogens with zero attached hydrogens (tertiary/aromatic N) is 1. The third-order valence-corrected chi connectivity index (χ3v) is 2.98. The Balaban J connectivity index is 2.34. The summed E-state index contributed by atoms with van der Waals surface area (Å²) in [5.74, 6) is 2.60. The number of carbonyl (C=O) groups is 2. The van der Waals surface area contributed by atoms with E-state index in [-0.39, 0.29) is 18.1 Å². The van der Waals surface area contributed by atoms with Crippen LogP contribution in [0.15, 0.2) is 18.3 Å². The average molecular weight is 266 g/mol. The lowest BCUT2D eigenvalue weighted by Crippen LogP contribution is -2.30. The summed E-state index contributed by atoms with van der Waals surface area (Å²) in [6, 6.07) is 3.05. The lowest BCUT2D eigenvalue weighted by molar-refractivity contribution is -0.121. The lowest BCUT2D eigenvalue weighted by Gasteiger charge is -2.07. The number of nitrogens with one attached hydrogen (secondary N) is 1. The molecule has 0 unspecified atom stereocenters. The molecule has 1 heterocycles. The number of carbonyl (C=O) groups excluding carboxylic acids is 1. The minimum Gasteiger partial charge on any atom is -0.477 e. The van der Waals surface area contributed by atoms with E-state index in [9.17, 15) is 9.59 Å². The molecule has 0 aliphatic rings. The summed E-state index contributed by atoms with van der Waals surface area (Å²) in [4.78, 5) is 22.4. The fraction of sp³-hybridized carbons (Fsp3) is 0.333. The predicted molar refractivity (Wildman–Crippen MR) is 70.6 cm³/mol. The Kier molecular flexibility index (Phi) is 5.88. The van der Waals surface area contributed by atoms with E-state index in [4.69, 9.17) is 11.5 Å². The highest BCUT2D eigenvalue weighted by Gasteiger charge is 2.10. The molecule has 1 aromatic rings. The fourth-order valence-corrected chi connectivity index (χ4v) is 1.86. The molecule has 0 atom stereocenters. The van der Waals surface area contributed by atoms with E-state index in [2.05, 4.69) is 11.2 Å². The molecule has 5 nitrogen and oxygen atoms in total. The van der Waals surface area contributed by atoms with Gasteiger partial charge in [-0.25, -0.2) is 4.79 Å². The molecule has 0 spiro atoms. The van der Waals surface area contributed by atoms with Crippen molar-refractivity contribution >= 4 is 23.6 Å². The highest BCUT2D eigenvalue weighted by molar-refractivity contribution is 7.99. The maximum atomic E-state index is 11.5. The van der Waals surface area contributed by atoms with Gasteiger partial charge < -0.3 is 15.0 Å². The quantitative estimate of drug-likeness (QED) is 0.562. The minimum absolute atomic E-state index is 0.00837. The van der Waals surface area contributed by atoms with Crippen molar-refractivity contribution in [3.8, 4) is 12.3 Å². The first-order valence-electron chi connectivity index (χ1n) is 5.31. The summed E-state index contributed by atoms with van der Waals surface area (Å²) < 4.78 is 1.40. The first-order valence-corrected chi connectivity index (χ1v) is 6.47. The van der Waals surface area contributed by atoms with Crippen LogP contribution < -0.4 is 5.32 Å². The summed E-state index contributed by atoms with van der Waals surface area (Å²) in [6.07, 6.45) is 6.65. The number of rotatable bonds is 7. The van der Waals surface area contributed by atoms with Crippen LogP contribution in [-0.2, 0) is 11.3 Å². The second-order valence-corrected chi connectivity index (χ2v) is 4.54. The maximum absolute atomic E-state index is 11.5. The number of hydrogen-bond donors (Lipinski definition) is 2. The van der Waals surface area contributed by atoms with Gasteiger partial charge in [-0.1, -0.05) is 5.92 Å². The Morgan fingerprint density at radius 2 is 2.33 bits per heavy atom. The van der Waals surface area contributed by atoms with Crippen LogP contribution in [0.4, 0.5) is 0 Å². The van der Waals surface area contributed by atoms with Gasteiger partial charge in [0.1, 0.15) is 12.2 Å². The van der Waals surface area contributed by atoms with Crippen LogP contribution in [0.1, 0.15) is 10.5 Å². The molecule has 0 aliphatic heterocycles. The second kappa shape index (κ2) is 7.45. The van der Waals surface area contributed by atoms with Crippen molar-refractivity contribution in [2.45, 2.75) is 6.54 Å². The largest absolute Gasteiger partial charge is 0.477 e. The summed E-state index contributed by atoms with van der Waals surface area (Å²) in [7, 11) is 0. The smallest absolute Gasteiger partial charge is 0.352 e. The monoisotopic (exact) mass is 266 g/mol.